The number of carbonyl (C=O) groups is 2. The van der Waals surface area contributed by atoms with E-state index in [1.807, 2.05) is 6.20 Å². The lowest BCUT2D eigenvalue weighted by Gasteiger charge is -2.55. The number of halogens is 1. The number of carbonyl (C=O) groups excluding carboxylic acids is 2. The molecule has 0 spiro atoms. The van der Waals surface area contributed by atoms with Crippen molar-refractivity contribution in [1.29, 1.82) is 0 Å². The summed E-state index contributed by atoms with van der Waals surface area (Å²) >= 11 is 0. The smallest absolute Gasteiger partial charge is 0.233 e. The molecule has 3 heterocycles. The zero-order valence-corrected chi connectivity index (χ0v) is 19.2. The van der Waals surface area contributed by atoms with Crippen LogP contribution in [-0.2, 0) is 9.59 Å². The lowest BCUT2D eigenvalue weighted by atomic mass is 9.47. The number of imide groups is 1. The van der Waals surface area contributed by atoms with E-state index in [4.69, 9.17) is 0 Å². The second-order valence-corrected chi connectivity index (χ2v) is 9.92. The molecule has 8 heteroatoms. The zero-order chi connectivity index (χ0) is 20.9. The molecule has 0 N–H and O–H groups in total. The average molecular weight is 458 g/mol. The number of aromatic nitrogens is 2. The predicted molar refractivity (Wildman–Crippen MR) is 123 cm³/mol. The number of hydrogen-bond acceptors (Lipinski definition) is 6. The van der Waals surface area contributed by atoms with Crippen LogP contribution in [0, 0.1) is 35.5 Å². The van der Waals surface area contributed by atoms with E-state index >= 15 is 0 Å². The summed E-state index contributed by atoms with van der Waals surface area (Å²) < 4.78 is 0. The van der Waals surface area contributed by atoms with Gasteiger partial charge in [-0.2, -0.15) is 0 Å². The maximum atomic E-state index is 13.1. The van der Waals surface area contributed by atoms with Crippen LogP contribution in [0.2, 0.25) is 0 Å². The Balaban J connectivity index is 0.00000216. The Bertz CT molecular complexity index is 850. The minimum atomic E-state index is -0.0572. The number of amides is 2. The first kappa shape index (κ1) is 21.8. The number of unbranched alkanes of at least 4 members (excludes halogenated alkanes) is 1. The van der Waals surface area contributed by atoms with E-state index in [-0.39, 0.29) is 36.1 Å². The molecule has 4 fully saturated rings. The number of likely N-dealkylation sites (tertiary alicyclic amines) is 1. The molecule has 2 saturated heterocycles. The molecule has 0 radical (unpaired) electrons. The average Bonchev–Trinajstić information content (AvgIpc) is 3.04. The number of allylic oxidation sites excluding steroid dienone is 2. The summed E-state index contributed by atoms with van der Waals surface area (Å²) in [6.07, 6.45) is 14.2. The van der Waals surface area contributed by atoms with Gasteiger partial charge in [0.25, 0.3) is 0 Å². The standard InChI is InChI=1S/C24H31N5O2.ClH/c30-23-21-18-5-6-19(17-4-3-16(17)18)22(21)24(31)29(23)10-2-1-9-27-11-13-28(14-12-27)20-15-25-7-8-26-20;/h5-8,15-19,21-22H,1-4,9-14H2;1H. The maximum absolute atomic E-state index is 13.1. The molecule has 1 aromatic heterocycles. The predicted octanol–water partition coefficient (Wildman–Crippen LogP) is 2.24. The Hall–Kier alpha value is -1.99. The van der Waals surface area contributed by atoms with Crippen LogP contribution < -0.4 is 4.90 Å². The lowest BCUT2D eigenvalue weighted by Crippen LogP contribution is -2.53. The van der Waals surface area contributed by atoms with Crippen molar-refractivity contribution in [2.75, 3.05) is 44.2 Å². The van der Waals surface area contributed by atoms with Gasteiger partial charge in [0.05, 0.1) is 18.0 Å². The lowest BCUT2D eigenvalue weighted by molar-refractivity contribution is -0.140. The summed E-state index contributed by atoms with van der Waals surface area (Å²) in [5.74, 6) is 3.04. The van der Waals surface area contributed by atoms with Gasteiger partial charge in [-0.1, -0.05) is 12.2 Å². The number of rotatable bonds is 6. The van der Waals surface area contributed by atoms with Gasteiger partial charge in [0.2, 0.25) is 11.8 Å². The van der Waals surface area contributed by atoms with Crippen LogP contribution in [-0.4, -0.2) is 70.9 Å². The highest BCUT2D eigenvalue weighted by Crippen LogP contribution is 2.61. The van der Waals surface area contributed by atoms with Crippen LogP contribution >= 0.6 is 12.4 Å². The minimum Gasteiger partial charge on any atom is -0.353 e. The van der Waals surface area contributed by atoms with Crippen molar-refractivity contribution in [3.8, 4) is 0 Å². The van der Waals surface area contributed by atoms with Gasteiger partial charge < -0.3 is 4.90 Å². The van der Waals surface area contributed by atoms with E-state index in [2.05, 4.69) is 31.9 Å². The Morgan fingerprint density at radius 2 is 1.47 bits per heavy atom. The highest BCUT2D eigenvalue weighted by atomic mass is 35.5. The van der Waals surface area contributed by atoms with Crippen LogP contribution in [0.3, 0.4) is 0 Å². The summed E-state index contributed by atoms with van der Waals surface area (Å²) in [6, 6.07) is 0. The molecule has 7 rings (SSSR count). The van der Waals surface area contributed by atoms with E-state index in [0.717, 1.165) is 51.4 Å². The van der Waals surface area contributed by atoms with Gasteiger partial charge in [0.15, 0.2) is 0 Å². The van der Waals surface area contributed by atoms with Gasteiger partial charge in [-0.3, -0.25) is 24.4 Å². The molecule has 4 aliphatic carbocycles. The molecule has 2 saturated carbocycles. The van der Waals surface area contributed by atoms with Gasteiger partial charge in [0.1, 0.15) is 5.82 Å². The Labute approximate surface area is 195 Å². The van der Waals surface area contributed by atoms with Crippen molar-refractivity contribution >= 4 is 30.0 Å². The molecule has 32 heavy (non-hydrogen) atoms. The summed E-state index contributed by atoms with van der Waals surface area (Å²) in [6.45, 7) is 5.57. The van der Waals surface area contributed by atoms with Crippen molar-refractivity contribution in [1.82, 2.24) is 19.8 Å². The third-order valence-electron chi connectivity index (χ3n) is 8.60. The Morgan fingerprint density at radius 3 is 2.03 bits per heavy atom. The van der Waals surface area contributed by atoms with Crippen LogP contribution in [0.15, 0.2) is 30.7 Å². The van der Waals surface area contributed by atoms with Gasteiger partial charge in [-0.05, 0) is 55.9 Å². The van der Waals surface area contributed by atoms with Crippen molar-refractivity contribution < 1.29 is 9.59 Å². The molecule has 6 aliphatic rings. The quantitative estimate of drug-likeness (QED) is 0.370. The van der Waals surface area contributed by atoms with Gasteiger partial charge >= 0.3 is 0 Å². The van der Waals surface area contributed by atoms with Crippen LogP contribution in [0.25, 0.3) is 0 Å². The maximum Gasteiger partial charge on any atom is 0.233 e. The van der Waals surface area contributed by atoms with E-state index < -0.39 is 0 Å². The first-order valence-electron chi connectivity index (χ1n) is 12.0. The van der Waals surface area contributed by atoms with Crippen LogP contribution in [0.1, 0.15) is 25.7 Å². The molecule has 1 aromatic rings. The highest BCUT2D eigenvalue weighted by Gasteiger charge is 2.63. The molecule has 2 bridgehead atoms. The first-order valence-corrected chi connectivity index (χ1v) is 12.0. The highest BCUT2D eigenvalue weighted by molar-refractivity contribution is 6.06. The Morgan fingerprint density at radius 1 is 0.844 bits per heavy atom. The number of piperazine rings is 1. The molecule has 2 amide bonds. The summed E-state index contributed by atoms with van der Waals surface area (Å²) in [7, 11) is 0. The SMILES string of the molecule is Cl.O=C1C2C3C=CC(C4CCC34)C2C(=O)N1CCCCN1CCN(c2cnccn2)CC1. The zero-order valence-electron chi connectivity index (χ0n) is 18.4. The minimum absolute atomic E-state index is 0. The molecule has 2 aliphatic heterocycles. The second kappa shape index (κ2) is 8.75. The monoisotopic (exact) mass is 457 g/mol. The summed E-state index contributed by atoms with van der Waals surface area (Å²) in [5, 5.41) is 0. The normalized spacial score (nSPS) is 35.4. The molecule has 172 valence electrons. The molecule has 6 unspecified atom stereocenters. The van der Waals surface area contributed by atoms with Gasteiger partial charge in [-0.25, -0.2) is 4.98 Å². The number of hydrogen-bond donors (Lipinski definition) is 0. The number of nitrogens with zero attached hydrogens (tertiary/aromatic N) is 5. The molecule has 7 nitrogen and oxygen atoms in total. The van der Waals surface area contributed by atoms with Crippen molar-refractivity contribution in [2.24, 2.45) is 35.5 Å². The molecule has 6 atom stereocenters. The van der Waals surface area contributed by atoms with E-state index in [1.165, 1.54) is 12.8 Å². The topological polar surface area (TPSA) is 69.6 Å². The van der Waals surface area contributed by atoms with E-state index in [9.17, 15) is 9.59 Å². The third-order valence-corrected chi connectivity index (χ3v) is 8.60. The van der Waals surface area contributed by atoms with Crippen LogP contribution in [0.5, 0.6) is 0 Å². The summed E-state index contributed by atoms with van der Waals surface area (Å²) in [4.78, 5) is 41.2. The largest absolute Gasteiger partial charge is 0.353 e. The fraction of sp³-hybridized carbons (Fsp3) is 0.667. The fourth-order valence-electron chi connectivity index (χ4n) is 6.89. The Kier molecular flexibility index (Phi) is 5.97. The molecule has 0 aromatic carbocycles. The first-order chi connectivity index (χ1) is 15.2. The molecular formula is C24H32ClN5O2. The summed E-state index contributed by atoms with van der Waals surface area (Å²) in [5.41, 5.74) is 0. The van der Waals surface area contributed by atoms with Crippen LogP contribution in [0.4, 0.5) is 5.82 Å². The third kappa shape index (κ3) is 3.45. The van der Waals surface area contributed by atoms with Gasteiger partial charge in [-0.15, -0.1) is 12.4 Å². The van der Waals surface area contributed by atoms with Gasteiger partial charge in [0, 0.05) is 45.1 Å². The van der Waals surface area contributed by atoms with E-state index in [1.54, 1.807) is 17.3 Å². The fourth-order valence-corrected chi connectivity index (χ4v) is 6.89. The van der Waals surface area contributed by atoms with Crippen molar-refractivity contribution in [2.45, 2.75) is 25.7 Å². The van der Waals surface area contributed by atoms with Crippen molar-refractivity contribution in [3.05, 3.63) is 30.7 Å². The molecular weight excluding hydrogens is 426 g/mol. The second-order valence-electron chi connectivity index (χ2n) is 9.92. The van der Waals surface area contributed by atoms with E-state index in [0.29, 0.717) is 30.2 Å². The van der Waals surface area contributed by atoms with Crippen molar-refractivity contribution in [3.63, 3.8) is 0 Å². The number of anilines is 1.